The van der Waals surface area contributed by atoms with Crippen LogP contribution in [0.1, 0.15) is 54.5 Å². The quantitative estimate of drug-likeness (QED) is 0.559. The van der Waals surface area contributed by atoms with Gasteiger partial charge in [0.2, 0.25) is 0 Å². The summed E-state index contributed by atoms with van der Waals surface area (Å²) in [5, 5.41) is 1.62. The highest BCUT2D eigenvalue weighted by atomic mass is 35.5. The van der Waals surface area contributed by atoms with Crippen LogP contribution in [0.4, 0.5) is 5.82 Å². The van der Waals surface area contributed by atoms with Crippen molar-refractivity contribution in [1.29, 1.82) is 0 Å². The predicted octanol–water partition coefficient (Wildman–Crippen LogP) is 5.40. The number of aromatic nitrogens is 3. The van der Waals surface area contributed by atoms with Crippen LogP contribution in [0.2, 0.25) is 5.02 Å². The number of nitrogens with two attached hydrogens (primary N) is 1. The van der Waals surface area contributed by atoms with Gasteiger partial charge in [0.25, 0.3) is 0 Å². The van der Waals surface area contributed by atoms with Crippen LogP contribution in [-0.2, 0) is 6.42 Å². The van der Waals surface area contributed by atoms with Gasteiger partial charge in [-0.2, -0.15) is 0 Å². The second-order valence-corrected chi connectivity index (χ2v) is 10.7. The smallest absolute Gasteiger partial charge is 0.147 e. The number of hydrogen-bond donors (Lipinski definition) is 1. The van der Waals surface area contributed by atoms with E-state index in [-0.39, 0.29) is 11.5 Å². The molecule has 1 saturated carbocycles. The molecule has 3 heterocycles. The van der Waals surface area contributed by atoms with Crippen LogP contribution < -0.4 is 10.6 Å². The van der Waals surface area contributed by atoms with Gasteiger partial charge in [-0.3, -0.25) is 4.98 Å². The number of halogens is 1. The van der Waals surface area contributed by atoms with Crippen LogP contribution in [0.3, 0.4) is 0 Å². The number of hydrogen-bond acceptors (Lipinski definition) is 6. The lowest BCUT2D eigenvalue weighted by Gasteiger charge is -2.42. The molecule has 3 aliphatic rings. The van der Waals surface area contributed by atoms with Crippen LogP contribution >= 0.6 is 23.4 Å². The molecule has 6 rings (SSSR count). The van der Waals surface area contributed by atoms with Crippen molar-refractivity contribution in [2.24, 2.45) is 11.1 Å². The molecular weight excluding hydrogens is 438 g/mol. The van der Waals surface area contributed by atoms with E-state index in [4.69, 9.17) is 22.3 Å². The highest BCUT2D eigenvalue weighted by Gasteiger charge is 2.45. The van der Waals surface area contributed by atoms with Crippen molar-refractivity contribution in [3.8, 4) is 0 Å². The van der Waals surface area contributed by atoms with Crippen molar-refractivity contribution >= 4 is 29.2 Å². The van der Waals surface area contributed by atoms with Crippen LogP contribution in [0.5, 0.6) is 0 Å². The third-order valence-corrected chi connectivity index (χ3v) is 8.84. The van der Waals surface area contributed by atoms with Gasteiger partial charge in [0.05, 0.1) is 23.1 Å². The summed E-state index contributed by atoms with van der Waals surface area (Å²) in [5.74, 6) is 1.47. The number of anilines is 1. The molecule has 3 aromatic rings. The molecule has 1 spiro atoms. The summed E-state index contributed by atoms with van der Waals surface area (Å²) in [4.78, 5) is 17.2. The van der Waals surface area contributed by atoms with Crippen molar-refractivity contribution in [1.82, 2.24) is 15.0 Å². The maximum Gasteiger partial charge on any atom is 0.147 e. The Balaban J connectivity index is 1.12. The third-order valence-electron chi connectivity index (χ3n) is 7.35. The predicted molar refractivity (Wildman–Crippen MR) is 128 cm³/mol. The van der Waals surface area contributed by atoms with Crippen LogP contribution in [0, 0.1) is 5.41 Å². The first-order chi connectivity index (χ1) is 15.6. The Morgan fingerprint density at radius 3 is 2.56 bits per heavy atom. The van der Waals surface area contributed by atoms with E-state index in [0.29, 0.717) is 5.92 Å². The van der Waals surface area contributed by atoms with E-state index in [9.17, 15) is 0 Å². The second-order valence-electron chi connectivity index (χ2n) is 9.30. The summed E-state index contributed by atoms with van der Waals surface area (Å²) in [7, 11) is 0. The van der Waals surface area contributed by atoms with Crippen molar-refractivity contribution < 1.29 is 0 Å². The van der Waals surface area contributed by atoms with Gasteiger partial charge >= 0.3 is 0 Å². The van der Waals surface area contributed by atoms with Gasteiger partial charge in [0, 0.05) is 36.1 Å². The minimum Gasteiger partial charge on any atom is -0.355 e. The maximum atomic E-state index is 6.71. The Labute approximate surface area is 197 Å². The van der Waals surface area contributed by atoms with E-state index in [0.717, 1.165) is 58.8 Å². The number of rotatable bonds is 4. The molecule has 32 heavy (non-hydrogen) atoms. The number of benzene rings is 1. The molecule has 0 radical (unpaired) electrons. The van der Waals surface area contributed by atoms with Gasteiger partial charge in [0.15, 0.2) is 0 Å². The third kappa shape index (κ3) is 3.58. The monoisotopic (exact) mass is 463 g/mol. The maximum absolute atomic E-state index is 6.71. The standard InChI is InChI=1S/C25H26ClN5S/c26-22-19(7-10-28-23(22)16-5-6-16)32-21-15-29-20(14-30-21)31-11-8-25(9-12-31)13-17-3-1-2-4-18(17)24(25)27/h1-4,7,10,14-16,24H,5-6,8-9,11-13,27H2/t24-/m1/s1. The molecule has 0 unspecified atom stereocenters. The molecule has 164 valence electrons. The molecular formula is C25H26ClN5S. The van der Waals surface area contributed by atoms with E-state index in [2.05, 4.69) is 39.1 Å². The molecule has 2 aromatic heterocycles. The average Bonchev–Trinajstić information content (AvgIpc) is 3.63. The van der Waals surface area contributed by atoms with Gasteiger partial charge in [-0.15, -0.1) is 0 Å². The highest BCUT2D eigenvalue weighted by molar-refractivity contribution is 7.99. The molecule has 5 nitrogen and oxygen atoms in total. The van der Waals surface area contributed by atoms with E-state index in [1.165, 1.54) is 24.0 Å². The fourth-order valence-electron chi connectivity index (χ4n) is 5.29. The Morgan fingerprint density at radius 1 is 1.03 bits per heavy atom. The SMILES string of the molecule is N[C@@H]1c2ccccc2CC12CCN(c1cnc(Sc3ccnc(C4CC4)c3Cl)cn1)CC2. The number of pyridine rings is 1. The Morgan fingerprint density at radius 2 is 1.84 bits per heavy atom. The average molecular weight is 464 g/mol. The topological polar surface area (TPSA) is 67.9 Å². The first-order valence-corrected chi connectivity index (χ1v) is 12.5. The van der Waals surface area contributed by atoms with E-state index < -0.39 is 0 Å². The molecule has 1 saturated heterocycles. The van der Waals surface area contributed by atoms with Crippen LogP contribution in [0.15, 0.2) is 58.8 Å². The van der Waals surface area contributed by atoms with E-state index >= 15 is 0 Å². The molecule has 2 N–H and O–H groups in total. The van der Waals surface area contributed by atoms with Crippen molar-refractivity contribution in [2.45, 2.75) is 54.0 Å². The van der Waals surface area contributed by atoms with Gasteiger partial charge in [-0.05, 0) is 54.7 Å². The summed E-state index contributed by atoms with van der Waals surface area (Å²) in [6, 6.07) is 10.8. The number of nitrogens with zero attached hydrogens (tertiary/aromatic N) is 4. The fraction of sp³-hybridized carbons (Fsp3) is 0.400. The zero-order valence-corrected chi connectivity index (χ0v) is 19.4. The van der Waals surface area contributed by atoms with Gasteiger partial charge < -0.3 is 10.6 Å². The molecule has 0 bridgehead atoms. The molecule has 1 aromatic carbocycles. The Bertz CT molecular complexity index is 1140. The summed E-state index contributed by atoms with van der Waals surface area (Å²) >= 11 is 8.16. The number of piperidine rings is 1. The summed E-state index contributed by atoms with van der Waals surface area (Å²) in [6.45, 7) is 1.92. The lowest BCUT2D eigenvalue weighted by atomic mass is 9.73. The minimum absolute atomic E-state index is 0.136. The van der Waals surface area contributed by atoms with Gasteiger partial charge in [-0.1, -0.05) is 47.6 Å². The summed E-state index contributed by atoms with van der Waals surface area (Å²) in [5.41, 5.74) is 10.7. The minimum atomic E-state index is 0.136. The molecule has 7 heteroatoms. The Hall–Kier alpha value is -2.15. The van der Waals surface area contributed by atoms with Crippen molar-refractivity contribution in [3.63, 3.8) is 0 Å². The molecule has 2 fully saturated rings. The van der Waals surface area contributed by atoms with Gasteiger partial charge in [-0.25, -0.2) is 9.97 Å². The van der Waals surface area contributed by atoms with Crippen LogP contribution in [0.25, 0.3) is 0 Å². The molecule has 2 aliphatic carbocycles. The first kappa shape index (κ1) is 20.5. The van der Waals surface area contributed by atoms with Crippen molar-refractivity contribution in [3.05, 3.63) is 70.8 Å². The van der Waals surface area contributed by atoms with E-state index in [1.54, 1.807) is 11.8 Å². The first-order valence-electron chi connectivity index (χ1n) is 11.4. The zero-order valence-electron chi connectivity index (χ0n) is 17.9. The van der Waals surface area contributed by atoms with Crippen LogP contribution in [-0.4, -0.2) is 28.0 Å². The number of fused-ring (bicyclic) bond motifs is 1. The lowest BCUT2D eigenvalue weighted by Crippen LogP contribution is -2.44. The summed E-state index contributed by atoms with van der Waals surface area (Å²) < 4.78 is 0. The van der Waals surface area contributed by atoms with E-state index in [1.807, 2.05) is 24.7 Å². The fourth-order valence-corrected chi connectivity index (χ4v) is 6.43. The zero-order chi connectivity index (χ0) is 21.7. The Kier molecular flexibility index (Phi) is 5.12. The molecule has 1 atom stereocenters. The lowest BCUT2D eigenvalue weighted by molar-refractivity contribution is 0.187. The van der Waals surface area contributed by atoms with Crippen molar-refractivity contribution in [2.75, 3.05) is 18.0 Å². The van der Waals surface area contributed by atoms with Gasteiger partial charge in [0.1, 0.15) is 10.8 Å². The highest BCUT2D eigenvalue weighted by Crippen LogP contribution is 2.51. The molecule has 0 amide bonds. The molecule has 1 aliphatic heterocycles. The normalized spacial score (nSPS) is 21.7. The second kappa shape index (κ2) is 8.01. The largest absolute Gasteiger partial charge is 0.355 e. The summed E-state index contributed by atoms with van der Waals surface area (Å²) in [6.07, 6.45) is 11.2.